The van der Waals surface area contributed by atoms with Gasteiger partial charge in [-0.2, -0.15) is 10.2 Å². The Morgan fingerprint density at radius 3 is 2.55 bits per heavy atom. The number of aromatic amines is 1. The Kier molecular flexibility index (Phi) is 3.31. The summed E-state index contributed by atoms with van der Waals surface area (Å²) in [6.45, 7) is 1.95. The Hall–Kier alpha value is -1.73. The highest BCUT2D eigenvalue weighted by atomic mass is 79.9. The van der Waals surface area contributed by atoms with Crippen molar-refractivity contribution < 1.29 is 0 Å². The SMILES string of the molecule is Cc1nn(C)cc1-n1c(-c2ccc(Br)cc2)n[nH]c1=S. The molecule has 0 aliphatic carbocycles. The van der Waals surface area contributed by atoms with Crippen molar-refractivity contribution in [2.75, 3.05) is 0 Å². The molecule has 3 rings (SSSR count). The molecule has 2 aromatic heterocycles. The van der Waals surface area contributed by atoms with Gasteiger partial charge in [0.25, 0.3) is 0 Å². The van der Waals surface area contributed by atoms with Gasteiger partial charge in [0.05, 0.1) is 11.4 Å². The lowest BCUT2D eigenvalue weighted by molar-refractivity contribution is 0.756. The number of benzene rings is 1. The topological polar surface area (TPSA) is 51.4 Å². The van der Waals surface area contributed by atoms with Crippen molar-refractivity contribution >= 4 is 28.1 Å². The van der Waals surface area contributed by atoms with E-state index in [2.05, 4.69) is 31.2 Å². The van der Waals surface area contributed by atoms with E-state index in [9.17, 15) is 0 Å². The van der Waals surface area contributed by atoms with Crippen LogP contribution in [0.5, 0.6) is 0 Å². The van der Waals surface area contributed by atoms with Gasteiger partial charge in [-0.25, -0.2) is 0 Å². The molecule has 0 aliphatic rings. The van der Waals surface area contributed by atoms with E-state index < -0.39 is 0 Å². The quantitative estimate of drug-likeness (QED) is 0.721. The summed E-state index contributed by atoms with van der Waals surface area (Å²) in [6.07, 6.45) is 1.93. The van der Waals surface area contributed by atoms with Gasteiger partial charge in [-0.05, 0) is 31.3 Å². The fourth-order valence-corrected chi connectivity index (χ4v) is 2.61. The summed E-state index contributed by atoms with van der Waals surface area (Å²) in [5.41, 5.74) is 2.83. The molecule has 7 heteroatoms. The summed E-state index contributed by atoms with van der Waals surface area (Å²) in [5, 5.41) is 11.5. The van der Waals surface area contributed by atoms with Crippen LogP contribution in [-0.4, -0.2) is 24.5 Å². The lowest BCUT2D eigenvalue weighted by atomic mass is 10.2. The molecule has 1 aromatic carbocycles. The number of aryl methyl sites for hydroxylation is 2. The Morgan fingerprint density at radius 1 is 1.25 bits per heavy atom. The van der Waals surface area contributed by atoms with Crippen LogP contribution in [0.25, 0.3) is 17.1 Å². The Labute approximate surface area is 129 Å². The molecule has 2 heterocycles. The van der Waals surface area contributed by atoms with Gasteiger partial charge in [0, 0.05) is 23.3 Å². The predicted octanol–water partition coefficient (Wildman–Crippen LogP) is 3.40. The average molecular weight is 350 g/mol. The molecule has 0 radical (unpaired) electrons. The first kappa shape index (κ1) is 13.3. The molecule has 0 fully saturated rings. The molecule has 0 unspecified atom stereocenters. The molecule has 0 amide bonds. The van der Waals surface area contributed by atoms with Gasteiger partial charge in [-0.1, -0.05) is 28.1 Å². The van der Waals surface area contributed by atoms with Gasteiger partial charge in [0.15, 0.2) is 10.6 Å². The van der Waals surface area contributed by atoms with Crippen LogP contribution < -0.4 is 0 Å². The lowest BCUT2D eigenvalue weighted by Gasteiger charge is -2.05. The van der Waals surface area contributed by atoms with Crippen LogP contribution in [0.2, 0.25) is 0 Å². The second kappa shape index (κ2) is 4.99. The summed E-state index contributed by atoms with van der Waals surface area (Å²) >= 11 is 8.78. The summed E-state index contributed by atoms with van der Waals surface area (Å²) in [7, 11) is 1.89. The minimum atomic E-state index is 0.555. The van der Waals surface area contributed by atoms with Gasteiger partial charge in [0.2, 0.25) is 0 Å². The van der Waals surface area contributed by atoms with Crippen LogP contribution >= 0.6 is 28.1 Å². The molecule has 0 saturated heterocycles. The molecule has 1 N–H and O–H groups in total. The smallest absolute Gasteiger partial charge is 0.200 e. The zero-order valence-corrected chi connectivity index (χ0v) is 13.4. The van der Waals surface area contributed by atoms with E-state index in [1.165, 1.54) is 0 Å². The van der Waals surface area contributed by atoms with E-state index in [1.807, 2.05) is 49.0 Å². The van der Waals surface area contributed by atoms with Gasteiger partial charge >= 0.3 is 0 Å². The van der Waals surface area contributed by atoms with E-state index >= 15 is 0 Å². The maximum atomic E-state index is 5.35. The first-order chi connectivity index (χ1) is 9.56. The van der Waals surface area contributed by atoms with Crippen molar-refractivity contribution in [3.05, 3.63) is 45.4 Å². The molecule has 0 saturated carbocycles. The standard InChI is InChI=1S/C13H12BrN5S/c1-8-11(7-18(2)17-8)19-12(15-16-13(19)20)9-3-5-10(14)6-4-9/h3-7H,1-2H3,(H,16,20). The number of hydrogen-bond donors (Lipinski definition) is 1. The van der Waals surface area contributed by atoms with Crippen molar-refractivity contribution in [2.24, 2.45) is 7.05 Å². The number of nitrogens with zero attached hydrogens (tertiary/aromatic N) is 4. The number of H-pyrrole nitrogens is 1. The number of nitrogens with one attached hydrogen (secondary N) is 1. The second-order valence-electron chi connectivity index (χ2n) is 4.47. The highest BCUT2D eigenvalue weighted by molar-refractivity contribution is 9.10. The third-order valence-electron chi connectivity index (χ3n) is 3.00. The van der Waals surface area contributed by atoms with Crippen molar-refractivity contribution in [1.29, 1.82) is 0 Å². The van der Waals surface area contributed by atoms with Crippen LogP contribution in [0.4, 0.5) is 0 Å². The van der Waals surface area contributed by atoms with Gasteiger partial charge < -0.3 is 0 Å². The number of rotatable bonds is 2. The van der Waals surface area contributed by atoms with Crippen molar-refractivity contribution in [1.82, 2.24) is 24.5 Å². The van der Waals surface area contributed by atoms with E-state index in [0.29, 0.717) is 4.77 Å². The van der Waals surface area contributed by atoms with Gasteiger partial charge in [0.1, 0.15) is 0 Å². The largest absolute Gasteiger partial charge is 0.273 e. The van der Waals surface area contributed by atoms with Crippen LogP contribution in [0.15, 0.2) is 34.9 Å². The molecule has 5 nitrogen and oxygen atoms in total. The average Bonchev–Trinajstić information content (AvgIpc) is 2.93. The third kappa shape index (κ3) is 2.23. The zero-order chi connectivity index (χ0) is 14.3. The fraction of sp³-hybridized carbons (Fsp3) is 0.154. The van der Waals surface area contributed by atoms with Crippen LogP contribution in [-0.2, 0) is 7.05 Å². The fourth-order valence-electron chi connectivity index (χ4n) is 2.12. The lowest BCUT2D eigenvalue weighted by Crippen LogP contribution is -1.98. The summed E-state index contributed by atoms with van der Waals surface area (Å²) in [6, 6.07) is 7.95. The molecule has 0 atom stereocenters. The molecule has 102 valence electrons. The molecular weight excluding hydrogens is 338 g/mol. The Bertz CT molecular complexity index is 812. The van der Waals surface area contributed by atoms with Crippen LogP contribution in [0.3, 0.4) is 0 Å². The van der Waals surface area contributed by atoms with Crippen LogP contribution in [0.1, 0.15) is 5.69 Å². The monoisotopic (exact) mass is 349 g/mol. The predicted molar refractivity (Wildman–Crippen MR) is 83.4 cm³/mol. The first-order valence-electron chi connectivity index (χ1n) is 6.00. The van der Waals surface area contributed by atoms with E-state index in [4.69, 9.17) is 12.2 Å². The molecule has 3 aromatic rings. The van der Waals surface area contributed by atoms with E-state index in [0.717, 1.165) is 27.2 Å². The minimum absolute atomic E-state index is 0.555. The number of hydrogen-bond acceptors (Lipinski definition) is 3. The van der Waals surface area contributed by atoms with Gasteiger partial charge in [-0.3, -0.25) is 14.3 Å². The minimum Gasteiger partial charge on any atom is -0.273 e. The third-order valence-corrected chi connectivity index (χ3v) is 3.81. The molecule has 20 heavy (non-hydrogen) atoms. The number of halogens is 1. The number of aromatic nitrogens is 5. The van der Waals surface area contributed by atoms with Crippen molar-refractivity contribution in [2.45, 2.75) is 6.92 Å². The highest BCUT2D eigenvalue weighted by Crippen LogP contribution is 2.24. The molecular formula is C13H12BrN5S. The zero-order valence-electron chi connectivity index (χ0n) is 11.0. The summed E-state index contributed by atoms with van der Waals surface area (Å²) in [5.74, 6) is 0.776. The molecule has 0 aliphatic heterocycles. The maximum absolute atomic E-state index is 5.35. The normalized spacial score (nSPS) is 10.9. The summed E-state index contributed by atoms with van der Waals surface area (Å²) in [4.78, 5) is 0. The van der Waals surface area contributed by atoms with Gasteiger partial charge in [-0.15, -0.1) is 0 Å². The van der Waals surface area contributed by atoms with Crippen molar-refractivity contribution in [3.8, 4) is 17.1 Å². The molecule has 0 bridgehead atoms. The highest BCUT2D eigenvalue weighted by Gasteiger charge is 2.14. The Morgan fingerprint density at radius 2 is 1.95 bits per heavy atom. The van der Waals surface area contributed by atoms with Crippen molar-refractivity contribution in [3.63, 3.8) is 0 Å². The first-order valence-corrected chi connectivity index (χ1v) is 7.20. The van der Waals surface area contributed by atoms with E-state index in [1.54, 1.807) is 4.68 Å². The van der Waals surface area contributed by atoms with Crippen LogP contribution in [0, 0.1) is 11.7 Å². The Balaban J connectivity index is 2.22. The van der Waals surface area contributed by atoms with E-state index in [-0.39, 0.29) is 0 Å². The summed E-state index contributed by atoms with van der Waals surface area (Å²) < 4.78 is 5.25. The second-order valence-corrected chi connectivity index (χ2v) is 5.77. The molecule has 0 spiro atoms. The maximum Gasteiger partial charge on any atom is 0.200 e.